The molecule has 11 heteroatoms. The quantitative estimate of drug-likeness (QED) is 0.647. The maximum Gasteiger partial charge on any atom is 0.453 e. The van der Waals surface area contributed by atoms with Crippen molar-refractivity contribution in [2.45, 2.75) is 11.1 Å². The summed E-state index contributed by atoms with van der Waals surface area (Å²) in [4.78, 5) is 7.18. The largest absolute Gasteiger partial charge is 0.453 e. The lowest BCUT2D eigenvalue weighted by atomic mass is 10.2. The molecule has 0 radical (unpaired) electrons. The second kappa shape index (κ2) is 6.16. The van der Waals surface area contributed by atoms with E-state index >= 15 is 0 Å². The Morgan fingerprint density at radius 2 is 1.85 bits per heavy atom. The van der Waals surface area contributed by atoms with E-state index in [0.29, 0.717) is 0 Å². The summed E-state index contributed by atoms with van der Waals surface area (Å²) in [6.07, 6.45) is -2.85. The smallest absolute Gasteiger partial charge is 0.236 e. The molecule has 1 aromatic carbocycles. The molecule has 0 aliphatic heterocycles. The zero-order chi connectivity index (χ0) is 19.1. The minimum Gasteiger partial charge on any atom is -0.236 e. The molecule has 26 heavy (non-hydrogen) atoms. The van der Waals surface area contributed by atoms with E-state index < -0.39 is 27.7 Å². The molecule has 0 N–H and O–H groups in total. The van der Waals surface area contributed by atoms with Gasteiger partial charge >= 0.3 is 6.18 Å². The average Bonchev–Trinajstić information content (AvgIpc) is 3.00. The van der Waals surface area contributed by atoms with Crippen molar-refractivity contribution < 1.29 is 26.0 Å². The lowest BCUT2D eigenvalue weighted by molar-refractivity contribution is -0.144. The Kier molecular flexibility index (Phi) is 4.26. The number of pyridine rings is 1. The van der Waals surface area contributed by atoms with Gasteiger partial charge in [-0.3, -0.25) is 0 Å². The number of sulfone groups is 1. The first kappa shape index (κ1) is 18.0. The summed E-state index contributed by atoms with van der Waals surface area (Å²) in [5.74, 6) is -2.46. The Morgan fingerprint density at radius 1 is 1.12 bits per heavy atom. The minimum absolute atomic E-state index is 0.0574. The average molecular weight is 386 g/mol. The van der Waals surface area contributed by atoms with Crippen LogP contribution in [-0.2, 0) is 16.0 Å². The van der Waals surface area contributed by atoms with Gasteiger partial charge in [-0.2, -0.15) is 17.9 Å². The van der Waals surface area contributed by atoms with E-state index in [-0.39, 0.29) is 22.1 Å². The Balaban J connectivity index is 2.18. The standard InChI is InChI=1S/C15H10F4N4O2S/c1-26(24,25)11-5-6-12(20-8-11)23-13(9-3-2-4-10(16)7-9)21-14(22-23)15(17,18)19/h2-8H,1H3. The number of nitrogens with zero attached hydrogens (tertiary/aromatic N) is 4. The lowest BCUT2D eigenvalue weighted by Gasteiger charge is -2.06. The molecule has 3 aromatic rings. The first-order valence-electron chi connectivity index (χ1n) is 7.02. The summed E-state index contributed by atoms with van der Waals surface area (Å²) in [7, 11) is -3.53. The van der Waals surface area contributed by atoms with Gasteiger partial charge in [0.25, 0.3) is 5.82 Å². The first-order valence-corrected chi connectivity index (χ1v) is 8.91. The van der Waals surface area contributed by atoms with Gasteiger partial charge in [0.15, 0.2) is 21.5 Å². The van der Waals surface area contributed by atoms with Gasteiger partial charge in [0.2, 0.25) is 0 Å². The number of halogens is 4. The van der Waals surface area contributed by atoms with Crippen molar-refractivity contribution in [2.75, 3.05) is 6.26 Å². The van der Waals surface area contributed by atoms with E-state index in [4.69, 9.17) is 0 Å². The molecular weight excluding hydrogens is 376 g/mol. The van der Waals surface area contributed by atoms with Crippen molar-refractivity contribution in [3.05, 3.63) is 54.2 Å². The zero-order valence-electron chi connectivity index (χ0n) is 13.1. The highest BCUT2D eigenvalue weighted by Gasteiger charge is 2.37. The maximum absolute atomic E-state index is 13.4. The van der Waals surface area contributed by atoms with Crippen LogP contribution in [0.5, 0.6) is 0 Å². The van der Waals surface area contributed by atoms with E-state index in [1.807, 2.05) is 0 Å². The maximum atomic E-state index is 13.4. The Hall–Kier alpha value is -2.82. The SMILES string of the molecule is CS(=O)(=O)c1ccc(-n2nc(C(F)(F)F)nc2-c2cccc(F)c2)nc1. The summed E-state index contributed by atoms with van der Waals surface area (Å²) in [6.45, 7) is 0. The number of benzene rings is 1. The highest BCUT2D eigenvalue weighted by Crippen LogP contribution is 2.30. The minimum atomic E-state index is -4.82. The van der Waals surface area contributed by atoms with Gasteiger partial charge in [0, 0.05) is 18.0 Å². The highest BCUT2D eigenvalue weighted by atomic mass is 32.2. The number of hydrogen-bond donors (Lipinski definition) is 0. The van der Waals surface area contributed by atoms with Gasteiger partial charge in [-0.1, -0.05) is 12.1 Å². The van der Waals surface area contributed by atoms with Crippen molar-refractivity contribution in [3.63, 3.8) is 0 Å². The third kappa shape index (κ3) is 3.57. The molecule has 0 saturated carbocycles. The predicted octanol–water partition coefficient (Wildman–Crippen LogP) is 2.89. The van der Waals surface area contributed by atoms with Gasteiger partial charge in [0.1, 0.15) is 5.82 Å². The third-order valence-electron chi connectivity index (χ3n) is 3.31. The monoisotopic (exact) mass is 386 g/mol. The molecular formula is C15H10F4N4O2S. The number of rotatable bonds is 3. The summed E-state index contributed by atoms with van der Waals surface area (Å²) in [5.41, 5.74) is 0.0574. The van der Waals surface area contributed by atoms with Gasteiger partial charge in [-0.15, -0.1) is 5.10 Å². The molecule has 2 aromatic heterocycles. The molecule has 0 unspecified atom stereocenters. The van der Waals surface area contributed by atoms with Crippen LogP contribution in [0.4, 0.5) is 17.6 Å². The molecule has 0 amide bonds. The molecule has 0 aliphatic rings. The van der Waals surface area contributed by atoms with Crippen molar-refractivity contribution in [2.24, 2.45) is 0 Å². The van der Waals surface area contributed by atoms with Crippen LogP contribution in [0.15, 0.2) is 47.5 Å². The van der Waals surface area contributed by atoms with Crippen molar-refractivity contribution in [3.8, 4) is 17.2 Å². The van der Waals surface area contributed by atoms with Crippen LogP contribution in [0.3, 0.4) is 0 Å². The van der Waals surface area contributed by atoms with E-state index in [2.05, 4.69) is 15.1 Å². The Labute approximate surface area is 145 Å². The number of alkyl halides is 3. The summed E-state index contributed by atoms with van der Waals surface area (Å²) < 4.78 is 76.2. The molecule has 0 aliphatic carbocycles. The van der Waals surface area contributed by atoms with Gasteiger partial charge in [-0.05, 0) is 24.3 Å². The molecule has 136 valence electrons. The predicted molar refractivity (Wildman–Crippen MR) is 82.7 cm³/mol. The third-order valence-corrected chi connectivity index (χ3v) is 4.41. The molecule has 0 saturated heterocycles. The normalized spacial score (nSPS) is 12.3. The molecule has 2 heterocycles. The lowest BCUT2D eigenvalue weighted by Crippen LogP contribution is -2.09. The van der Waals surface area contributed by atoms with Crippen LogP contribution in [0.25, 0.3) is 17.2 Å². The summed E-state index contributed by atoms with van der Waals surface area (Å²) in [6, 6.07) is 7.20. The van der Waals surface area contributed by atoms with Crippen LogP contribution in [0.1, 0.15) is 5.82 Å². The van der Waals surface area contributed by atoms with Crippen molar-refractivity contribution in [1.29, 1.82) is 0 Å². The molecule has 6 nitrogen and oxygen atoms in total. The fourth-order valence-corrected chi connectivity index (χ4v) is 2.68. The van der Waals surface area contributed by atoms with Crippen molar-refractivity contribution >= 4 is 9.84 Å². The van der Waals surface area contributed by atoms with E-state index in [1.54, 1.807) is 0 Å². The number of aromatic nitrogens is 4. The van der Waals surface area contributed by atoms with Crippen molar-refractivity contribution in [1.82, 2.24) is 19.7 Å². The number of hydrogen-bond acceptors (Lipinski definition) is 5. The van der Waals surface area contributed by atoms with E-state index in [9.17, 15) is 26.0 Å². The fraction of sp³-hybridized carbons (Fsp3) is 0.133. The van der Waals surface area contributed by atoms with Crippen LogP contribution >= 0.6 is 0 Å². The summed E-state index contributed by atoms with van der Waals surface area (Å²) in [5, 5.41) is 3.40. The Morgan fingerprint density at radius 3 is 2.38 bits per heavy atom. The molecule has 0 atom stereocenters. The Bertz CT molecular complexity index is 1060. The second-order valence-corrected chi connectivity index (χ2v) is 7.32. The van der Waals surface area contributed by atoms with Gasteiger partial charge in [0.05, 0.1) is 4.90 Å². The van der Waals surface area contributed by atoms with Crippen LogP contribution in [-0.4, -0.2) is 34.4 Å². The first-order chi connectivity index (χ1) is 12.1. The molecule has 3 rings (SSSR count). The second-order valence-electron chi connectivity index (χ2n) is 5.30. The van der Waals surface area contributed by atoms with Crippen LogP contribution in [0, 0.1) is 5.82 Å². The molecule has 0 bridgehead atoms. The zero-order valence-corrected chi connectivity index (χ0v) is 13.9. The van der Waals surface area contributed by atoms with Gasteiger partial charge < -0.3 is 0 Å². The van der Waals surface area contributed by atoms with Gasteiger partial charge in [-0.25, -0.2) is 22.8 Å². The fourth-order valence-electron chi connectivity index (χ4n) is 2.12. The summed E-state index contributed by atoms with van der Waals surface area (Å²) >= 11 is 0. The van der Waals surface area contributed by atoms with Crippen LogP contribution in [0.2, 0.25) is 0 Å². The topological polar surface area (TPSA) is 77.7 Å². The molecule has 0 fully saturated rings. The highest BCUT2D eigenvalue weighted by molar-refractivity contribution is 7.90. The molecule has 0 spiro atoms. The van der Waals surface area contributed by atoms with E-state index in [0.717, 1.165) is 29.3 Å². The van der Waals surface area contributed by atoms with Crippen LogP contribution < -0.4 is 0 Å². The van der Waals surface area contributed by atoms with E-state index in [1.165, 1.54) is 24.3 Å².